The van der Waals surface area contributed by atoms with E-state index < -0.39 is 10.0 Å². The van der Waals surface area contributed by atoms with Gasteiger partial charge < -0.3 is 5.32 Å². The van der Waals surface area contributed by atoms with E-state index in [1.54, 1.807) is 9.69 Å². The minimum atomic E-state index is -3.17. The number of unbranched alkanes of at least 4 members (excludes halogenated alkanes) is 1. The minimum absolute atomic E-state index is 0.184. The van der Waals surface area contributed by atoms with E-state index in [2.05, 4.69) is 41.5 Å². The summed E-state index contributed by atoms with van der Waals surface area (Å²) in [5.74, 6) is 0.174. The maximum Gasteiger partial charge on any atom is 0.275 e. The van der Waals surface area contributed by atoms with Crippen molar-refractivity contribution >= 4 is 33.0 Å². The quantitative estimate of drug-likeness (QED) is 0.386. The number of piperidine rings is 1. The van der Waals surface area contributed by atoms with Gasteiger partial charge in [0.1, 0.15) is 5.69 Å². The van der Waals surface area contributed by atoms with E-state index in [4.69, 9.17) is 0 Å². The lowest BCUT2D eigenvalue weighted by atomic mass is 9.99. The van der Waals surface area contributed by atoms with Crippen LogP contribution < -0.4 is 5.32 Å². The first-order chi connectivity index (χ1) is 16.9. The molecule has 4 rings (SSSR count). The summed E-state index contributed by atoms with van der Waals surface area (Å²) in [6.07, 6.45) is 4.02. The molecule has 0 spiro atoms. The Hall–Kier alpha value is -2.55. The average molecular weight is 512 g/mol. The van der Waals surface area contributed by atoms with Crippen LogP contribution in [0.3, 0.4) is 0 Å². The normalized spacial score (nSPS) is 15.3. The Balaban J connectivity index is 1.41. The molecule has 35 heavy (non-hydrogen) atoms. The largest absolute Gasteiger partial charge is 0.320 e. The van der Waals surface area contributed by atoms with Gasteiger partial charge in [0, 0.05) is 35.6 Å². The molecule has 2 heterocycles. The Bertz CT molecular complexity index is 1240. The molecule has 2 aromatic carbocycles. The van der Waals surface area contributed by atoms with E-state index in [0.29, 0.717) is 25.2 Å². The highest BCUT2D eigenvalue weighted by Crippen LogP contribution is 2.32. The SMILES string of the molecule is CCCCS(=O)(=O)N1CCC(c2nc(C(=O)Nc3ccccc3-c3ccc(CC)cc3)cs2)CC1. The summed E-state index contributed by atoms with van der Waals surface area (Å²) in [7, 11) is -3.17. The zero-order chi connectivity index (χ0) is 24.8. The maximum atomic E-state index is 13.0. The molecule has 0 bridgehead atoms. The van der Waals surface area contributed by atoms with Crippen molar-refractivity contribution in [3.05, 3.63) is 70.2 Å². The molecule has 0 aliphatic carbocycles. The van der Waals surface area contributed by atoms with Crippen molar-refractivity contribution in [2.75, 3.05) is 24.2 Å². The maximum absolute atomic E-state index is 13.0. The van der Waals surface area contributed by atoms with E-state index in [0.717, 1.165) is 47.5 Å². The van der Waals surface area contributed by atoms with Gasteiger partial charge in [-0.05, 0) is 42.9 Å². The van der Waals surface area contributed by atoms with Gasteiger partial charge in [-0.15, -0.1) is 11.3 Å². The average Bonchev–Trinajstić information content (AvgIpc) is 3.39. The van der Waals surface area contributed by atoms with Gasteiger partial charge >= 0.3 is 0 Å². The van der Waals surface area contributed by atoms with Gasteiger partial charge in [-0.1, -0.05) is 62.7 Å². The third-order valence-electron chi connectivity index (χ3n) is 6.56. The summed E-state index contributed by atoms with van der Waals surface area (Å²) in [6.45, 7) is 5.16. The number of hydrogen-bond donors (Lipinski definition) is 1. The number of anilines is 1. The standard InChI is InChI=1S/C27H33N3O3S2/c1-3-5-18-35(32,33)30-16-14-22(15-17-30)27-29-25(19-34-27)26(31)28-24-9-7-6-8-23(24)21-12-10-20(4-2)11-13-21/h6-13,19,22H,3-5,14-18H2,1-2H3,(H,28,31). The molecule has 1 amide bonds. The highest BCUT2D eigenvalue weighted by atomic mass is 32.2. The summed E-state index contributed by atoms with van der Waals surface area (Å²) in [5, 5.41) is 5.74. The van der Waals surface area contributed by atoms with Crippen LogP contribution in [-0.2, 0) is 16.4 Å². The highest BCUT2D eigenvalue weighted by Gasteiger charge is 2.29. The van der Waals surface area contributed by atoms with Crippen LogP contribution in [0.15, 0.2) is 53.9 Å². The monoisotopic (exact) mass is 511 g/mol. The van der Waals surface area contributed by atoms with Gasteiger partial charge in [0.05, 0.1) is 10.8 Å². The fourth-order valence-electron chi connectivity index (χ4n) is 4.37. The molecule has 1 fully saturated rings. The number of amides is 1. The molecule has 8 heteroatoms. The summed E-state index contributed by atoms with van der Waals surface area (Å²) >= 11 is 1.48. The van der Waals surface area contributed by atoms with Gasteiger partial charge in [0.2, 0.25) is 10.0 Å². The van der Waals surface area contributed by atoms with E-state index in [1.807, 2.05) is 31.2 Å². The first-order valence-corrected chi connectivity index (χ1v) is 14.8. The lowest BCUT2D eigenvalue weighted by Crippen LogP contribution is -2.39. The van der Waals surface area contributed by atoms with Crippen molar-refractivity contribution < 1.29 is 13.2 Å². The van der Waals surface area contributed by atoms with Gasteiger partial charge in [-0.2, -0.15) is 0 Å². The number of thiazole rings is 1. The van der Waals surface area contributed by atoms with Crippen molar-refractivity contribution in [2.45, 2.75) is 51.9 Å². The number of aromatic nitrogens is 1. The van der Waals surface area contributed by atoms with Gasteiger partial charge in [-0.25, -0.2) is 17.7 Å². The molecular weight excluding hydrogens is 478 g/mol. The number of rotatable bonds is 9. The summed E-state index contributed by atoms with van der Waals surface area (Å²) in [6, 6.07) is 16.2. The van der Waals surface area contributed by atoms with Crippen molar-refractivity contribution in [1.82, 2.24) is 9.29 Å². The molecular formula is C27H33N3O3S2. The molecule has 1 aromatic heterocycles. The van der Waals surface area contributed by atoms with Crippen LogP contribution in [0, 0.1) is 0 Å². The van der Waals surface area contributed by atoms with E-state index >= 15 is 0 Å². The molecule has 0 radical (unpaired) electrons. The van der Waals surface area contributed by atoms with E-state index in [9.17, 15) is 13.2 Å². The number of carbonyl (C=O) groups is 1. The molecule has 1 N–H and O–H groups in total. The van der Waals surface area contributed by atoms with Gasteiger partial charge in [0.15, 0.2) is 0 Å². The second-order valence-corrected chi connectivity index (χ2v) is 11.9. The van der Waals surface area contributed by atoms with Crippen molar-refractivity contribution in [3.63, 3.8) is 0 Å². The second kappa shape index (κ2) is 11.5. The van der Waals surface area contributed by atoms with Crippen LogP contribution in [-0.4, -0.2) is 42.5 Å². The predicted octanol–water partition coefficient (Wildman–Crippen LogP) is 5.93. The summed E-state index contributed by atoms with van der Waals surface area (Å²) in [5.41, 5.74) is 4.45. The molecule has 1 aliphatic heterocycles. The van der Waals surface area contributed by atoms with Crippen molar-refractivity contribution in [2.24, 2.45) is 0 Å². The molecule has 1 aliphatic rings. The molecule has 0 unspecified atom stereocenters. The number of carbonyl (C=O) groups excluding carboxylic acids is 1. The molecule has 0 atom stereocenters. The number of benzene rings is 2. The van der Waals surface area contributed by atoms with Crippen LogP contribution in [0.2, 0.25) is 0 Å². The predicted molar refractivity (Wildman–Crippen MR) is 144 cm³/mol. The van der Waals surface area contributed by atoms with E-state index in [1.165, 1.54) is 16.9 Å². The smallest absolute Gasteiger partial charge is 0.275 e. The summed E-state index contributed by atoms with van der Waals surface area (Å²) < 4.78 is 26.6. The van der Waals surface area contributed by atoms with Crippen LogP contribution in [0.1, 0.15) is 66.5 Å². The van der Waals surface area contributed by atoms with Crippen LogP contribution in [0.4, 0.5) is 5.69 Å². The fraction of sp³-hybridized carbons (Fsp3) is 0.407. The first-order valence-electron chi connectivity index (χ1n) is 12.3. The number of aryl methyl sites for hydroxylation is 1. The second-order valence-electron chi connectivity index (χ2n) is 8.96. The topological polar surface area (TPSA) is 79.4 Å². The highest BCUT2D eigenvalue weighted by molar-refractivity contribution is 7.89. The Labute approximate surface area is 212 Å². The third-order valence-corrected chi connectivity index (χ3v) is 9.52. The first kappa shape index (κ1) is 25.5. The number of sulfonamides is 1. The zero-order valence-corrected chi connectivity index (χ0v) is 22.0. The Kier molecular flexibility index (Phi) is 8.36. The molecule has 6 nitrogen and oxygen atoms in total. The fourth-order valence-corrected chi connectivity index (χ4v) is 7.02. The summed E-state index contributed by atoms with van der Waals surface area (Å²) in [4.78, 5) is 17.7. The van der Waals surface area contributed by atoms with Crippen LogP contribution in [0.5, 0.6) is 0 Å². The number of hydrogen-bond acceptors (Lipinski definition) is 5. The Morgan fingerprint density at radius 3 is 2.49 bits per heavy atom. The molecule has 0 saturated carbocycles. The zero-order valence-electron chi connectivity index (χ0n) is 20.4. The Morgan fingerprint density at radius 2 is 1.80 bits per heavy atom. The lowest BCUT2D eigenvalue weighted by molar-refractivity contribution is 0.102. The number of nitrogens with one attached hydrogen (secondary N) is 1. The van der Waals surface area contributed by atoms with Crippen molar-refractivity contribution in [3.8, 4) is 11.1 Å². The van der Waals surface area contributed by atoms with Gasteiger partial charge in [-0.3, -0.25) is 4.79 Å². The molecule has 3 aromatic rings. The van der Waals surface area contributed by atoms with Crippen LogP contribution >= 0.6 is 11.3 Å². The van der Waals surface area contributed by atoms with Crippen LogP contribution in [0.25, 0.3) is 11.1 Å². The Morgan fingerprint density at radius 1 is 1.09 bits per heavy atom. The van der Waals surface area contributed by atoms with Crippen molar-refractivity contribution in [1.29, 1.82) is 0 Å². The number of para-hydroxylation sites is 1. The molecule has 186 valence electrons. The minimum Gasteiger partial charge on any atom is -0.320 e. The lowest BCUT2D eigenvalue weighted by Gasteiger charge is -2.30. The number of nitrogens with zero attached hydrogens (tertiary/aromatic N) is 2. The molecule has 1 saturated heterocycles. The van der Waals surface area contributed by atoms with E-state index in [-0.39, 0.29) is 17.6 Å². The third kappa shape index (κ3) is 6.18. The van der Waals surface area contributed by atoms with Gasteiger partial charge in [0.25, 0.3) is 5.91 Å².